The summed E-state index contributed by atoms with van der Waals surface area (Å²) in [6.45, 7) is 6.22. The summed E-state index contributed by atoms with van der Waals surface area (Å²) in [5.74, 6) is 1.57. The van der Waals surface area contributed by atoms with E-state index in [4.69, 9.17) is 4.78 Å². The van der Waals surface area contributed by atoms with E-state index in [-0.39, 0.29) is 5.41 Å². The van der Waals surface area contributed by atoms with Crippen molar-refractivity contribution in [3.05, 3.63) is 23.3 Å². The van der Waals surface area contributed by atoms with Gasteiger partial charge in [-0.1, -0.05) is 20.8 Å². The third kappa shape index (κ3) is 2.24. The molecule has 4 nitrogen and oxygen atoms in total. The maximum Gasteiger partial charge on any atom is 0.133 e. The first-order valence-electron chi connectivity index (χ1n) is 5.37. The van der Waals surface area contributed by atoms with E-state index in [0.29, 0.717) is 17.9 Å². The van der Waals surface area contributed by atoms with Crippen molar-refractivity contribution in [3.63, 3.8) is 0 Å². The molecule has 0 radical (unpaired) electrons. The summed E-state index contributed by atoms with van der Waals surface area (Å²) in [4.78, 5) is 8.84. The van der Waals surface area contributed by atoms with Crippen LogP contribution in [0.1, 0.15) is 37.9 Å². The second-order valence-electron chi connectivity index (χ2n) is 5.33. The predicted molar refractivity (Wildman–Crippen MR) is 63.9 cm³/mol. The van der Waals surface area contributed by atoms with Crippen LogP contribution in [0.25, 0.3) is 0 Å². The lowest BCUT2D eigenvalue weighted by Crippen LogP contribution is -2.23. The van der Waals surface area contributed by atoms with Crippen molar-refractivity contribution in [2.45, 2.75) is 38.4 Å². The van der Waals surface area contributed by atoms with Gasteiger partial charge in [-0.15, -0.1) is 0 Å². The van der Waals surface area contributed by atoms with Gasteiger partial charge in [0.15, 0.2) is 0 Å². The quantitative estimate of drug-likeness (QED) is 0.751. The van der Waals surface area contributed by atoms with E-state index in [1.165, 1.54) is 0 Å². The zero-order valence-corrected chi connectivity index (χ0v) is 10.7. The van der Waals surface area contributed by atoms with Gasteiger partial charge in [-0.2, -0.15) is 0 Å². The van der Waals surface area contributed by atoms with Gasteiger partial charge in [0.1, 0.15) is 5.82 Å². The zero-order valence-electron chi connectivity index (χ0n) is 9.91. The third-order valence-corrected chi connectivity index (χ3v) is 4.32. The van der Waals surface area contributed by atoms with Crippen LogP contribution < -0.4 is 0 Å². The largest absolute Gasteiger partial charge is 0.253 e. The average Bonchev–Trinajstić information content (AvgIpc) is 2.14. The number of hydrogen-bond acceptors (Lipinski definition) is 4. The summed E-state index contributed by atoms with van der Waals surface area (Å²) in [7, 11) is -2.42. The molecule has 88 valence electrons. The number of fused-ring (bicyclic) bond motifs is 1. The lowest BCUT2D eigenvalue weighted by molar-refractivity contribution is 0.540. The standard InChI is InChI=1S/C11H17N3OS/c1-11(2,3)10-13-6-8-7-16(12,15)5-4-9(8)14-10/h6,12H,4-5,7H2,1-3H3. The molecule has 0 saturated carbocycles. The molecule has 1 aromatic rings. The fourth-order valence-electron chi connectivity index (χ4n) is 1.73. The smallest absolute Gasteiger partial charge is 0.133 e. The highest BCUT2D eigenvalue weighted by molar-refractivity contribution is 7.91. The SMILES string of the molecule is CC(C)(C)c1ncc2c(n1)CCS(=N)(=O)C2. The Bertz CT molecular complexity index is 515. The molecule has 1 unspecified atom stereocenters. The van der Waals surface area contributed by atoms with Gasteiger partial charge in [-0.05, 0) is 0 Å². The van der Waals surface area contributed by atoms with Crippen molar-refractivity contribution in [1.29, 1.82) is 4.78 Å². The monoisotopic (exact) mass is 239 g/mol. The topological polar surface area (TPSA) is 66.7 Å². The summed E-state index contributed by atoms with van der Waals surface area (Å²) in [5, 5.41) is 0. The molecule has 0 bridgehead atoms. The maximum absolute atomic E-state index is 11.7. The van der Waals surface area contributed by atoms with E-state index in [1.54, 1.807) is 6.20 Å². The van der Waals surface area contributed by atoms with E-state index in [9.17, 15) is 4.21 Å². The van der Waals surface area contributed by atoms with Crippen LogP contribution in [0.3, 0.4) is 0 Å². The van der Waals surface area contributed by atoms with Crippen LogP contribution in [0.5, 0.6) is 0 Å². The fourth-order valence-corrected chi connectivity index (χ4v) is 3.14. The van der Waals surface area contributed by atoms with Crippen LogP contribution in [-0.4, -0.2) is 19.9 Å². The Morgan fingerprint density at radius 2 is 2.12 bits per heavy atom. The molecule has 1 aromatic heterocycles. The summed E-state index contributed by atoms with van der Waals surface area (Å²) in [6.07, 6.45) is 2.39. The molecule has 0 saturated heterocycles. The van der Waals surface area contributed by atoms with Crippen LogP contribution in [0.2, 0.25) is 0 Å². The normalized spacial score (nSPS) is 25.2. The molecule has 0 spiro atoms. The highest BCUT2D eigenvalue weighted by Crippen LogP contribution is 2.23. The molecular weight excluding hydrogens is 222 g/mol. The minimum absolute atomic E-state index is 0.0607. The highest BCUT2D eigenvalue weighted by atomic mass is 32.2. The molecule has 0 aliphatic carbocycles. The zero-order chi connectivity index (χ0) is 12.0. The Morgan fingerprint density at radius 1 is 1.44 bits per heavy atom. The van der Waals surface area contributed by atoms with E-state index in [2.05, 4.69) is 30.7 Å². The Hall–Kier alpha value is -0.970. The van der Waals surface area contributed by atoms with Crippen LogP contribution in [0, 0.1) is 4.78 Å². The Balaban J connectivity index is 2.43. The molecule has 16 heavy (non-hydrogen) atoms. The molecule has 1 aliphatic heterocycles. The summed E-state index contributed by atoms with van der Waals surface area (Å²) >= 11 is 0. The van der Waals surface area contributed by atoms with Crippen LogP contribution in [-0.2, 0) is 27.3 Å². The summed E-state index contributed by atoms with van der Waals surface area (Å²) in [6, 6.07) is 0. The molecule has 2 heterocycles. The molecule has 1 aliphatic rings. The minimum Gasteiger partial charge on any atom is -0.253 e. The Labute approximate surface area is 96.5 Å². The third-order valence-electron chi connectivity index (χ3n) is 2.68. The number of aromatic nitrogens is 2. The molecule has 0 fully saturated rings. The van der Waals surface area contributed by atoms with Gasteiger partial charge in [0.05, 0.1) is 5.75 Å². The average molecular weight is 239 g/mol. The number of hydrogen-bond donors (Lipinski definition) is 1. The molecule has 1 atom stereocenters. The van der Waals surface area contributed by atoms with Crippen molar-refractivity contribution in [2.24, 2.45) is 0 Å². The van der Waals surface area contributed by atoms with E-state index in [0.717, 1.165) is 17.1 Å². The molecule has 0 amide bonds. The van der Waals surface area contributed by atoms with Crippen molar-refractivity contribution < 1.29 is 4.21 Å². The van der Waals surface area contributed by atoms with Gasteiger partial charge in [0.2, 0.25) is 0 Å². The summed E-state index contributed by atoms with van der Waals surface area (Å²) in [5.41, 5.74) is 1.81. The first-order chi connectivity index (χ1) is 7.28. The Kier molecular flexibility index (Phi) is 2.53. The van der Waals surface area contributed by atoms with Gasteiger partial charge in [0.25, 0.3) is 0 Å². The second-order valence-corrected chi connectivity index (χ2v) is 7.65. The number of aryl methyl sites for hydroxylation is 1. The number of rotatable bonds is 0. The lowest BCUT2D eigenvalue weighted by atomic mass is 9.95. The predicted octanol–water partition coefficient (Wildman–Crippen LogP) is 1.88. The van der Waals surface area contributed by atoms with E-state index < -0.39 is 9.73 Å². The molecule has 1 N–H and O–H groups in total. The molecular formula is C11H17N3OS. The molecule has 2 rings (SSSR count). The maximum atomic E-state index is 11.7. The Morgan fingerprint density at radius 3 is 2.75 bits per heavy atom. The van der Waals surface area contributed by atoms with Crippen molar-refractivity contribution in [1.82, 2.24) is 9.97 Å². The van der Waals surface area contributed by atoms with Gasteiger partial charge >= 0.3 is 0 Å². The van der Waals surface area contributed by atoms with Crippen LogP contribution in [0.4, 0.5) is 0 Å². The van der Waals surface area contributed by atoms with E-state index in [1.807, 2.05) is 0 Å². The minimum atomic E-state index is -2.42. The summed E-state index contributed by atoms with van der Waals surface area (Å²) < 4.78 is 19.3. The van der Waals surface area contributed by atoms with E-state index >= 15 is 0 Å². The van der Waals surface area contributed by atoms with Gasteiger partial charge < -0.3 is 0 Å². The van der Waals surface area contributed by atoms with Crippen LogP contribution >= 0.6 is 0 Å². The van der Waals surface area contributed by atoms with Gasteiger partial charge in [0, 0.05) is 44.8 Å². The second kappa shape index (κ2) is 3.52. The van der Waals surface area contributed by atoms with Crippen molar-refractivity contribution >= 4 is 9.73 Å². The number of nitrogens with zero attached hydrogens (tertiary/aromatic N) is 2. The number of nitrogens with one attached hydrogen (secondary N) is 1. The van der Waals surface area contributed by atoms with Crippen LogP contribution in [0.15, 0.2) is 6.20 Å². The van der Waals surface area contributed by atoms with Gasteiger partial charge in [-0.3, -0.25) is 4.78 Å². The molecule has 5 heteroatoms. The first kappa shape index (κ1) is 11.5. The van der Waals surface area contributed by atoms with Gasteiger partial charge in [-0.25, -0.2) is 14.2 Å². The first-order valence-corrected chi connectivity index (χ1v) is 7.27. The van der Waals surface area contributed by atoms with Crippen molar-refractivity contribution in [2.75, 3.05) is 5.75 Å². The highest BCUT2D eigenvalue weighted by Gasteiger charge is 2.23. The van der Waals surface area contributed by atoms with Crippen molar-refractivity contribution in [3.8, 4) is 0 Å². The molecule has 0 aromatic carbocycles. The lowest BCUT2D eigenvalue weighted by Gasteiger charge is -2.21. The fraction of sp³-hybridized carbons (Fsp3) is 0.636.